The number of carbonyl (C=O) groups excluding carboxylic acids is 1. The van der Waals surface area contributed by atoms with Gasteiger partial charge >= 0.3 is 0 Å². The molecular formula is C21H24N2O2. The minimum atomic E-state index is 0.0919. The topological polar surface area (TPSA) is 42.4 Å². The molecule has 4 heteroatoms. The fourth-order valence-corrected chi connectivity index (χ4v) is 3.42. The molecule has 25 heavy (non-hydrogen) atoms. The molecule has 4 rings (SSSR count). The molecule has 4 nitrogen and oxygen atoms in total. The van der Waals surface area contributed by atoms with Crippen LogP contribution in [0.3, 0.4) is 0 Å². The van der Waals surface area contributed by atoms with Gasteiger partial charge in [0, 0.05) is 30.9 Å². The van der Waals surface area contributed by atoms with Gasteiger partial charge in [0.15, 0.2) is 0 Å². The maximum Gasteiger partial charge on any atom is 0.254 e. The van der Waals surface area contributed by atoms with E-state index in [1.165, 1.54) is 18.4 Å². The number of nitrogens with zero attached hydrogens (tertiary/aromatic N) is 2. The van der Waals surface area contributed by atoms with E-state index >= 15 is 0 Å². The summed E-state index contributed by atoms with van der Waals surface area (Å²) in [4.78, 5) is 19.0. The van der Waals surface area contributed by atoms with Gasteiger partial charge in [-0.1, -0.05) is 30.3 Å². The molecule has 1 aromatic heterocycles. The first-order valence-electron chi connectivity index (χ1n) is 9.20. The van der Waals surface area contributed by atoms with Crippen LogP contribution in [0.4, 0.5) is 0 Å². The number of amides is 1. The first kappa shape index (κ1) is 16.1. The van der Waals surface area contributed by atoms with E-state index in [4.69, 9.17) is 4.74 Å². The van der Waals surface area contributed by atoms with Gasteiger partial charge in [-0.15, -0.1) is 0 Å². The molecule has 1 aromatic carbocycles. The molecule has 1 amide bonds. The van der Waals surface area contributed by atoms with Gasteiger partial charge in [-0.3, -0.25) is 4.79 Å². The van der Waals surface area contributed by atoms with E-state index < -0.39 is 0 Å². The zero-order valence-electron chi connectivity index (χ0n) is 14.4. The molecule has 130 valence electrons. The second-order valence-electron chi connectivity index (χ2n) is 7.23. The van der Waals surface area contributed by atoms with Crippen molar-refractivity contribution in [3.8, 4) is 5.88 Å². The van der Waals surface area contributed by atoms with Crippen LogP contribution in [0.5, 0.6) is 5.88 Å². The highest BCUT2D eigenvalue weighted by molar-refractivity contribution is 5.94. The van der Waals surface area contributed by atoms with E-state index in [0.717, 1.165) is 25.9 Å². The number of aromatic nitrogens is 1. The van der Waals surface area contributed by atoms with E-state index in [2.05, 4.69) is 29.2 Å². The van der Waals surface area contributed by atoms with Crippen molar-refractivity contribution >= 4 is 5.91 Å². The average Bonchev–Trinajstić information content (AvgIpc) is 3.38. The summed E-state index contributed by atoms with van der Waals surface area (Å²) in [7, 11) is 0. The Bertz CT molecular complexity index is 728. The predicted octanol–water partition coefficient (Wildman–Crippen LogP) is 3.58. The highest BCUT2D eigenvalue weighted by Crippen LogP contribution is 2.29. The van der Waals surface area contributed by atoms with Crippen LogP contribution in [0.15, 0.2) is 48.7 Å². The van der Waals surface area contributed by atoms with Gasteiger partial charge < -0.3 is 9.64 Å². The summed E-state index contributed by atoms with van der Waals surface area (Å²) in [5, 5.41) is 0. The van der Waals surface area contributed by atoms with Crippen molar-refractivity contribution in [3.63, 3.8) is 0 Å². The Balaban J connectivity index is 1.35. The third-order valence-electron chi connectivity index (χ3n) is 5.09. The number of rotatable bonds is 6. The number of carbonyl (C=O) groups is 1. The Kier molecular flexibility index (Phi) is 4.68. The van der Waals surface area contributed by atoms with Gasteiger partial charge in [0.1, 0.15) is 0 Å². The van der Waals surface area contributed by atoms with Crippen molar-refractivity contribution in [3.05, 3.63) is 59.8 Å². The Morgan fingerprint density at radius 3 is 2.76 bits per heavy atom. The van der Waals surface area contributed by atoms with Crippen molar-refractivity contribution in [1.29, 1.82) is 0 Å². The van der Waals surface area contributed by atoms with Gasteiger partial charge in [0.2, 0.25) is 5.88 Å². The van der Waals surface area contributed by atoms with Crippen molar-refractivity contribution in [1.82, 2.24) is 9.88 Å². The molecule has 0 N–H and O–H groups in total. The zero-order chi connectivity index (χ0) is 17.1. The van der Waals surface area contributed by atoms with Crippen LogP contribution < -0.4 is 4.74 Å². The normalized spacial score (nSPS) is 19.8. The van der Waals surface area contributed by atoms with Gasteiger partial charge in [-0.25, -0.2) is 4.98 Å². The molecule has 1 aliphatic heterocycles. The molecule has 1 atom stereocenters. The fraction of sp³-hybridized carbons (Fsp3) is 0.429. The summed E-state index contributed by atoms with van der Waals surface area (Å²) in [6.45, 7) is 2.37. The highest BCUT2D eigenvalue weighted by atomic mass is 16.5. The predicted molar refractivity (Wildman–Crippen MR) is 96.6 cm³/mol. The highest BCUT2D eigenvalue weighted by Gasteiger charge is 2.27. The lowest BCUT2D eigenvalue weighted by Crippen LogP contribution is -2.29. The molecule has 2 aliphatic rings. The van der Waals surface area contributed by atoms with Crippen LogP contribution in [0.25, 0.3) is 0 Å². The smallest absolute Gasteiger partial charge is 0.254 e. The number of pyridine rings is 1. The molecule has 0 unspecified atom stereocenters. The van der Waals surface area contributed by atoms with Crippen molar-refractivity contribution in [2.24, 2.45) is 11.8 Å². The molecule has 2 heterocycles. The Labute approximate surface area is 148 Å². The first-order chi connectivity index (χ1) is 12.3. The maximum absolute atomic E-state index is 12.8. The number of benzene rings is 1. The van der Waals surface area contributed by atoms with E-state index in [-0.39, 0.29) is 5.91 Å². The van der Waals surface area contributed by atoms with Crippen molar-refractivity contribution in [2.45, 2.75) is 25.7 Å². The number of ether oxygens (including phenoxy) is 1. The molecule has 1 saturated heterocycles. The summed E-state index contributed by atoms with van der Waals surface area (Å²) in [5.74, 6) is 1.88. The molecule has 1 saturated carbocycles. The maximum atomic E-state index is 12.8. The molecule has 0 radical (unpaired) electrons. The third kappa shape index (κ3) is 4.19. The van der Waals surface area contributed by atoms with Crippen LogP contribution >= 0.6 is 0 Å². The lowest BCUT2D eigenvalue weighted by molar-refractivity contribution is 0.0786. The number of likely N-dealkylation sites (tertiary alicyclic amines) is 1. The third-order valence-corrected chi connectivity index (χ3v) is 5.09. The Morgan fingerprint density at radius 1 is 1.12 bits per heavy atom. The molecule has 2 fully saturated rings. The molecule has 0 spiro atoms. The lowest BCUT2D eigenvalue weighted by atomic mass is 9.99. The van der Waals surface area contributed by atoms with Crippen molar-refractivity contribution in [2.75, 3.05) is 19.7 Å². The molecule has 2 aromatic rings. The zero-order valence-corrected chi connectivity index (χ0v) is 14.4. The van der Waals surface area contributed by atoms with E-state index in [1.807, 2.05) is 11.0 Å². The summed E-state index contributed by atoms with van der Waals surface area (Å²) in [5.41, 5.74) is 2.03. The molecular weight excluding hydrogens is 312 g/mol. The lowest BCUT2D eigenvalue weighted by Gasteiger charge is -2.17. The molecule has 0 bridgehead atoms. The van der Waals surface area contributed by atoms with Crippen LogP contribution in [0.2, 0.25) is 0 Å². The van der Waals surface area contributed by atoms with Gasteiger partial charge in [-0.2, -0.15) is 0 Å². The Hall–Kier alpha value is -2.36. The summed E-state index contributed by atoms with van der Waals surface area (Å²) >= 11 is 0. The number of hydrogen-bond acceptors (Lipinski definition) is 3. The van der Waals surface area contributed by atoms with Crippen molar-refractivity contribution < 1.29 is 9.53 Å². The summed E-state index contributed by atoms with van der Waals surface area (Å²) < 4.78 is 5.70. The number of hydrogen-bond donors (Lipinski definition) is 0. The minimum Gasteiger partial charge on any atom is -0.477 e. The summed E-state index contributed by atoms with van der Waals surface area (Å²) in [6, 6.07) is 14.1. The van der Waals surface area contributed by atoms with E-state index in [1.54, 1.807) is 18.3 Å². The fourth-order valence-electron chi connectivity index (χ4n) is 3.42. The SMILES string of the molecule is O=C(c1ccnc(OCC2CC2)c1)N1CC[C@H](Cc2ccccc2)C1. The quantitative estimate of drug-likeness (QED) is 0.810. The first-order valence-corrected chi connectivity index (χ1v) is 9.20. The summed E-state index contributed by atoms with van der Waals surface area (Å²) in [6.07, 6.45) is 6.27. The average molecular weight is 336 g/mol. The van der Waals surface area contributed by atoms with Crippen LogP contribution in [-0.2, 0) is 6.42 Å². The van der Waals surface area contributed by atoms with Crippen LogP contribution in [0.1, 0.15) is 35.2 Å². The van der Waals surface area contributed by atoms with Crippen LogP contribution in [-0.4, -0.2) is 35.5 Å². The van der Waals surface area contributed by atoms with Gasteiger partial charge in [-0.05, 0) is 49.1 Å². The second kappa shape index (κ2) is 7.26. The minimum absolute atomic E-state index is 0.0919. The second-order valence-corrected chi connectivity index (χ2v) is 7.23. The van der Waals surface area contributed by atoms with Gasteiger partial charge in [0.05, 0.1) is 6.61 Å². The standard InChI is InChI=1S/C21H24N2O2/c24-21(19-8-10-22-20(13-19)25-15-17-6-7-17)23-11-9-18(14-23)12-16-4-2-1-3-5-16/h1-5,8,10,13,17-18H,6-7,9,11-12,14-15H2/t18-/m1/s1. The Morgan fingerprint density at radius 2 is 1.96 bits per heavy atom. The largest absolute Gasteiger partial charge is 0.477 e. The van der Waals surface area contributed by atoms with Crippen LogP contribution in [0, 0.1) is 11.8 Å². The monoisotopic (exact) mass is 336 g/mol. The molecule has 1 aliphatic carbocycles. The van der Waals surface area contributed by atoms with E-state index in [0.29, 0.717) is 29.9 Å². The van der Waals surface area contributed by atoms with Gasteiger partial charge in [0.25, 0.3) is 5.91 Å². The van der Waals surface area contributed by atoms with E-state index in [9.17, 15) is 4.79 Å².